The molecule has 0 aliphatic rings. The van der Waals surface area contributed by atoms with Crippen LogP contribution in [0.15, 0.2) is 41.0 Å². The molecule has 2 rings (SSSR count). The molecule has 0 bridgehead atoms. The van der Waals surface area contributed by atoms with E-state index in [1.807, 2.05) is 30.5 Å². The lowest BCUT2D eigenvalue weighted by atomic mass is 10.2. The third-order valence-corrected chi connectivity index (χ3v) is 3.62. The summed E-state index contributed by atoms with van der Waals surface area (Å²) < 4.78 is 6.14. The van der Waals surface area contributed by atoms with E-state index in [0.717, 1.165) is 22.3 Å². The SMILES string of the molecule is COc1ccc(CNc2cccc(Br)c2C)cn1. The number of ether oxygens (including phenoxy) is 1. The second-order valence-electron chi connectivity index (χ2n) is 3.97. The second kappa shape index (κ2) is 5.87. The Kier molecular flexibility index (Phi) is 4.20. The van der Waals surface area contributed by atoms with Gasteiger partial charge in [0.1, 0.15) is 0 Å². The maximum Gasteiger partial charge on any atom is 0.212 e. The van der Waals surface area contributed by atoms with Gasteiger partial charge in [-0.25, -0.2) is 4.98 Å². The maximum atomic E-state index is 5.03. The van der Waals surface area contributed by atoms with Crippen molar-refractivity contribution >= 4 is 21.6 Å². The van der Waals surface area contributed by atoms with Crippen LogP contribution in [0.5, 0.6) is 5.88 Å². The van der Waals surface area contributed by atoms with Gasteiger partial charge in [-0.1, -0.05) is 28.1 Å². The molecule has 1 aromatic heterocycles. The predicted molar refractivity (Wildman–Crippen MR) is 77.0 cm³/mol. The molecule has 0 amide bonds. The van der Waals surface area contributed by atoms with Gasteiger partial charge in [0.15, 0.2) is 0 Å². The van der Waals surface area contributed by atoms with E-state index in [1.54, 1.807) is 7.11 Å². The normalized spacial score (nSPS) is 10.2. The molecule has 3 nitrogen and oxygen atoms in total. The van der Waals surface area contributed by atoms with E-state index in [4.69, 9.17) is 4.74 Å². The Labute approximate surface area is 115 Å². The van der Waals surface area contributed by atoms with Crippen LogP contribution >= 0.6 is 15.9 Å². The van der Waals surface area contributed by atoms with Crippen LogP contribution in [0.25, 0.3) is 0 Å². The van der Waals surface area contributed by atoms with Crippen molar-refractivity contribution in [3.05, 3.63) is 52.1 Å². The monoisotopic (exact) mass is 306 g/mol. The van der Waals surface area contributed by atoms with Gasteiger partial charge < -0.3 is 10.1 Å². The molecule has 1 heterocycles. The predicted octanol–water partition coefficient (Wildman–Crippen LogP) is 3.77. The Morgan fingerprint density at radius 2 is 2.11 bits per heavy atom. The van der Waals surface area contributed by atoms with Gasteiger partial charge >= 0.3 is 0 Å². The van der Waals surface area contributed by atoms with Crippen molar-refractivity contribution in [1.29, 1.82) is 0 Å². The topological polar surface area (TPSA) is 34.1 Å². The highest BCUT2D eigenvalue weighted by molar-refractivity contribution is 9.10. The molecule has 1 N–H and O–H groups in total. The molecular formula is C14H15BrN2O. The fourth-order valence-corrected chi connectivity index (χ4v) is 2.00. The number of hydrogen-bond donors (Lipinski definition) is 1. The molecule has 4 heteroatoms. The molecule has 0 saturated heterocycles. The Bertz CT molecular complexity index is 526. The molecule has 0 aliphatic carbocycles. The van der Waals surface area contributed by atoms with Crippen molar-refractivity contribution < 1.29 is 4.74 Å². The standard InChI is InChI=1S/C14H15BrN2O/c1-10-12(15)4-3-5-13(10)16-8-11-6-7-14(18-2)17-9-11/h3-7,9,16H,8H2,1-2H3. The average Bonchev–Trinajstić information content (AvgIpc) is 2.41. The van der Waals surface area contributed by atoms with Gasteiger partial charge in [-0.15, -0.1) is 0 Å². The Hall–Kier alpha value is -1.55. The highest BCUT2D eigenvalue weighted by Gasteiger charge is 2.01. The second-order valence-corrected chi connectivity index (χ2v) is 4.83. The van der Waals surface area contributed by atoms with Crippen LogP contribution in [0, 0.1) is 6.92 Å². The summed E-state index contributed by atoms with van der Waals surface area (Å²) in [4.78, 5) is 4.18. The molecule has 0 radical (unpaired) electrons. The lowest BCUT2D eigenvalue weighted by Gasteiger charge is -2.10. The van der Waals surface area contributed by atoms with Gasteiger partial charge in [0.2, 0.25) is 5.88 Å². The zero-order valence-corrected chi connectivity index (χ0v) is 12.0. The summed E-state index contributed by atoms with van der Waals surface area (Å²) in [7, 11) is 1.62. The van der Waals surface area contributed by atoms with Crippen LogP contribution in [0.2, 0.25) is 0 Å². The molecule has 0 spiro atoms. The highest BCUT2D eigenvalue weighted by Crippen LogP contribution is 2.23. The number of benzene rings is 1. The molecule has 0 saturated carbocycles. The summed E-state index contributed by atoms with van der Waals surface area (Å²) in [5.74, 6) is 0.636. The summed E-state index contributed by atoms with van der Waals surface area (Å²) in [5, 5.41) is 3.40. The molecule has 0 aliphatic heterocycles. The molecule has 18 heavy (non-hydrogen) atoms. The molecule has 2 aromatic rings. The number of anilines is 1. The van der Waals surface area contributed by atoms with Crippen LogP contribution in [0.4, 0.5) is 5.69 Å². The van der Waals surface area contributed by atoms with Crippen molar-refractivity contribution in [2.24, 2.45) is 0 Å². The fourth-order valence-electron chi connectivity index (χ4n) is 1.63. The van der Waals surface area contributed by atoms with E-state index in [0.29, 0.717) is 5.88 Å². The third kappa shape index (κ3) is 3.01. The highest BCUT2D eigenvalue weighted by atomic mass is 79.9. The van der Waals surface area contributed by atoms with Crippen molar-refractivity contribution in [3.8, 4) is 5.88 Å². The molecule has 0 unspecified atom stereocenters. The lowest BCUT2D eigenvalue weighted by molar-refractivity contribution is 0.397. The minimum absolute atomic E-state index is 0.636. The Balaban J connectivity index is 2.04. The molecule has 1 aromatic carbocycles. The van der Waals surface area contributed by atoms with Crippen molar-refractivity contribution in [3.63, 3.8) is 0 Å². The number of rotatable bonds is 4. The maximum absolute atomic E-state index is 5.03. The fraction of sp³-hybridized carbons (Fsp3) is 0.214. The van der Waals surface area contributed by atoms with E-state index < -0.39 is 0 Å². The molecule has 0 atom stereocenters. The lowest BCUT2D eigenvalue weighted by Crippen LogP contribution is -2.01. The molecule has 0 fully saturated rings. The van der Waals surface area contributed by atoms with Crippen molar-refractivity contribution in [1.82, 2.24) is 4.98 Å². The first-order valence-corrected chi connectivity index (χ1v) is 6.48. The Morgan fingerprint density at radius 3 is 2.78 bits per heavy atom. The average molecular weight is 307 g/mol. The van der Waals surface area contributed by atoms with E-state index in [-0.39, 0.29) is 0 Å². The van der Waals surface area contributed by atoms with E-state index in [9.17, 15) is 0 Å². The number of pyridine rings is 1. The summed E-state index contributed by atoms with van der Waals surface area (Å²) in [5.41, 5.74) is 3.45. The largest absolute Gasteiger partial charge is 0.481 e. The summed E-state index contributed by atoms with van der Waals surface area (Å²) in [6.07, 6.45) is 1.82. The van der Waals surface area contributed by atoms with E-state index in [1.165, 1.54) is 5.56 Å². The zero-order chi connectivity index (χ0) is 13.0. The first kappa shape index (κ1) is 12.9. The zero-order valence-electron chi connectivity index (χ0n) is 10.4. The number of hydrogen-bond acceptors (Lipinski definition) is 3. The third-order valence-electron chi connectivity index (χ3n) is 2.76. The Morgan fingerprint density at radius 1 is 1.28 bits per heavy atom. The number of nitrogens with zero attached hydrogens (tertiary/aromatic N) is 1. The molecular weight excluding hydrogens is 292 g/mol. The van der Waals surface area contributed by atoms with Gasteiger partial charge in [-0.05, 0) is 30.2 Å². The minimum Gasteiger partial charge on any atom is -0.481 e. The van der Waals surface area contributed by atoms with Gasteiger partial charge in [-0.2, -0.15) is 0 Å². The van der Waals surface area contributed by atoms with Crippen LogP contribution in [-0.4, -0.2) is 12.1 Å². The van der Waals surface area contributed by atoms with Crippen LogP contribution in [0.1, 0.15) is 11.1 Å². The number of aromatic nitrogens is 1. The van der Waals surface area contributed by atoms with E-state index >= 15 is 0 Å². The van der Waals surface area contributed by atoms with E-state index in [2.05, 4.69) is 39.2 Å². The summed E-state index contributed by atoms with van der Waals surface area (Å²) >= 11 is 3.52. The quantitative estimate of drug-likeness (QED) is 0.933. The first-order valence-electron chi connectivity index (χ1n) is 5.68. The van der Waals surface area contributed by atoms with Gasteiger partial charge in [0, 0.05) is 29.0 Å². The summed E-state index contributed by atoms with van der Waals surface area (Å²) in [6.45, 7) is 2.83. The van der Waals surface area contributed by atoms with Crippen LogP contribution in [0.3, 0.4) is 0 Å². The van der Waals surface area contributed by atoms with Crippen molar-refractivity contribution in [2.45, 2.75) is 13.5 Å². The minimum atomic E-state index is 0.636. The van der Waals surface area contributed by atoms with Gasteiger partial charge in [0.25, 0.3) is 0 Å². The smallest absolute Gasteiger partial charge is 0.212 e. The number of methoxy groups -OCH3 is 1. The molecule has 94 valence electrons. The van der Waals surface area contributed by atoms with Gasteiger partial charge in [0.05, 0.1) is 7.11 Å². The van der Waals surface area contributed by atoms with Gasteiger partial charge in [-0.3, -0.25) is 0 Å². The number of nitrogens with one attached hydrogen (secondary N) is 1. The van der Waals surface area contributed by atoms with Crippen LogP contribution in [-0.2, 0) is 6.54 Å². The summed E-state index contributed by atoms with van der Waals surface area (Å²) in [6, 6.07) is 10.00. The first-order chi connectivity index (χ1) is 8.70. The number of halogens is 1. The van der Waals surface area contributed by atoms with Crippen molar-refractivity contribution in [2.75, 3.05) is 12.4 Å². The van der Waals surface area contributed by atoms with Crippen LogP contribution < -0.4 is 10.1 Å².